The van der Waals surface area contributed by atoms with Gasteiger partial charge in [-0.2, -0.15) is 0 Å². The summed E-state index contributed by atoms with van der Waals surface area (Å²) >= 11 is 0. The molecule has 1 fully saturated rings. The second-order valence-electron chi connectivity index (χ2n) is 7.26. The Morgan fingerprint density at radius 2 is 2.04 bits per heavy atom. The Hall–Kier alpha value is -2.51. The molecule has 1 aliphatic rings. The molecule has 1 unspecified atom stereocenters. The van der Waals surface area contributed by atoms with Gasteiger partial charge in [-0.25, -0.2) is 14.6 Å². The number of nitrogens with zero attached hydrogens (tertiary/aromatic N) is 2. The maximum absolute atomic E-state index is 12.6. The zero-order chi connectivity index (χ0) is 19.4. The van der Waals surface area contributed by atoms with E-state index >= 15 is 0 Å². The highest BCUT2D eigenvalue weighted by atomic mass is 16.6. The normalized spacial score (nSPS) is 20.3. The molecule has 144 valence electrons. The van der Waals surface area contributed by atoms with Crippen molar-refractivity contribution in [3.05, 3.63) is 23.9 Å². The molecular weight excluding hydrogens is 338 g/mol. The summed E-state index contributed by atoms with van der Waals surface area (Å²) in [6, 6.07) is 3.60. The molecule has 0 aliphatic carbocycles. The first kappa shape index (κ1) is 19.8. The largest absolute Gasteiger partial charge is 0.481 e. The highest BCUT2D eigenvalue weighted by Gasteiger charge is 2.43. The number of piperidine rings is 1. The summed E-state index contributed by atoms with van der Waals surface area (Å²) in [5, 5.41) is 2.89. The lowest BCUT2D eigenvalue weighted by atomic mass is 9.82. The lowest BCUT2D eigenvalue weighted by Gasteiger charge is -2.43. The number of rotatable bonds is 3. The van der Waals surface area contributed by atoms with E-state index in [1.807, 2.05) is 26.8 Å². The van der Waals surface area contributed by atoms with Gasteiger partial charge in [-0.05, 0) is 45.7 Å². The Kier molecular flexibility index (Phi) is 5.94. The number of methoxy groups -OCH3 is 2. The van der Waals surface area contributed by atoms with Crippen molar-refractivity contribution in [3.63, 3.8) is 0 Å². The molecule has 0 spiro atoms. The molecule has 2 rings (SSSR count). The van der Waals surface area contributed by atoms with E-state index in [4.69, 9.17) is 14.2 Å². The minimum absolute atomic E-state index is 0.235. The third-order valence-electron chi connectivity index (χ3n) is 4.15. The lowest BCUT2D eigenvalue weighted by Crippen LogP contribution is -2.58. The summed E-state index contributed by atoms with van der Waals surface area (Å²) in [5.41, 5.74) is -0.776. The zero-order valence-corrected chi connectivity index (χ0v) is 16.0. The topological polar surface area (TPSA) is 90.0 Å². The average molecular weight is 365 g/mol. The summed E-state index contributed by atoms with van der Waals surface area (Å²) in [7, 11) is 2.82. The van der Waals surface area contributed by atoms with Crippen LogP contribution < -0.4 is 10.1 Å². The van der Waals surface area contributed by atoms with E-state index in [2.05, 4.69) is 10.3 Å². The molecule has 0 saturated carbocycles. The fraction of sp³-hybridized carbons (Fsp3) is 0.611. The molecule has 1 saturated heterocycles. The van der Waals surface area contributed by atoms with E-state index in [0.29, 0.717) is 30.8 Å². The van der Waals surface area contributed by atoms with Crippen molar-refractivity contribution in [2.75, 3.05) is 27.3 Å². The summed E-state index contributed by atoms with van der Waals surface area (Å²) in [4.78, 5) is 30.4. The van der Waals surface area contributed by atoms with Crippen LogP contribution in [0.5, 0.6) is 5.88 Å². The van der Waals surface area contributed by atoms with Gasteiger partial charge in [0.1, 0.15) is 5.60 Å². The Morgan fingerprint density at radius 3 is 2.65 bits per heavy atom. The minimum atomic E-state index is -0.873. The van der Waals surface area contributed by atoms with Crippen molar-refractivity contribution in [3.8, 4) is 5.88 Å². The highest BCUT2D eigenvalue weighted by Crippen LogP contribution is 2.36. The number of ether oxygens (including phenoxy) is 3. The number of nitrogens with one attached hydrogen (secondary N) is 1. The van der Waals surface area contributed by atoms with Gasteiger partial charge in [-0.15, -0.1) is 0 Å². The van der Waals surface area contributed by atoms with Crippen molar-refractivity contribution in [1.82, 2.24) is 15.2 Å². The predicted molar refractivity (Wildman–Crippen MR) is 95.0 cm³/mol. The number of carbonyl (C=O) groups excluding carboxylic acids is 2. The number of hydrogen-bond acceptors (Lipinski definition) is 6. The van der Waals surface area contributed by atoms with Gasteiger partial charge in [-0.1, -0.05) is 0 Å². The quantitative estimate of drug-likeness (QED) is 0.886. The Morgan fingerprint density at radius 1 is 1.31 bits per heavy atom. The molecule has 1 N–H and O–H groups in total. The monoisotopic (exact) mass is 365 g/mol. The van der Waals surface area contributed by atoms with Crippen LogP contribution in [0.3, 0.4) is 0 Å². The molecule has 0 aromatic carbocycles. The number of carbonyl (C=O) groups is 2. The van der Waals surface area contributed by atoms with E-state index in [0.717, 1.165) is 0 Å². The standard InChI is InChI=1S/C18H27N3O5/c1-17(2,3)26-16(23)21-11-7-9-18(12-21,20-15(22)25-5)13-8-6-10-19-14(13)24-4/h6,8,10H,7,9,11-12H2,1-5H3,(H,20,22). The molecule has 8 nitrogen and oxygen atoms in total. The second-order valence-corrected chi connectivity index (χ2v) is 7.26. The number of likely N-dealkylation sites (tertiary alicyclic amines) is 1. The van der Waals surface area contributed by atoms with Crippen molar-refractivity contribution in [1.29, 1.82) is 0 Å². The predicted octanol–water partition coefficient (Wildman–Crippen LogP) is 2.67. The van der Waals surface area contributed by atoms with Gasteiger partial charge in [0.2, 0.25) is 5.88 Å². The van der Waals surface area contributed by atoms with E-state index in [-0.39, 0.29) is 6.54 Å². The Balaban J connectivity index is 2.38. The van der Waals surface area contributed by atoms with Crippen LogP contribution in [0, 0.1) is 0 Å². The first-order valence-corrected chi connectivity index (χ1v) is 8.54. The lowest BCUT2D eigenvalue weighted by molar-refractivity contribution is 0.00985. The van der Waals surface area contributed by atoms with Crippen LogP contribution in [0.2, 0.25) is 0 Å². The second kappa shape index (κ2) is 7.80. The number of aromatic nitrogens is 1. The first-order chi connectivity index (χ1) is 12.2. The van der Waals surface area contributed by atoms with Gasteiger partial charge in [-0.3, -0.25) is 0 Å². The van der Waals surface area contributed by atoms with E-state index in [1.165, 1.54) is 14.2 Å². The molecule has 26 heavy (non-hydrogen) atoms. The maximum atomic E-state index is 12.6. The van der Waals surface area contributed by atoms with Crippen LogP contribution in [-0.2, 0) is 15.0 Å². The third-order valence-corrected chi connectivity index (χ3v) is 4.15. The van der Waals surface area contributed by atoms with Crippen LogP contribution in [0.15, 0.2) is 18.3 Å². The first-order valence-electron chi connectivity index (χ1n) is 8.54. The molecule has 1 atom stereocenters. The Bertz CT molecular complexity index is 658. The van der Waals surface area contributed by atoms with Crippen molar-refractivity contribution < 1.29 is 23.8 Å². The van der Waals surface area contributed by atoms with Gasteiger partial charge in [0.25, 0.3) is 0 Å². The van der Waals surface area contributed by atoms with Gasteiger partial charge >= 0.3 is 12.2 Å². The summed E-state index contributed by atoms with van der Waals surface area (Å²) in [6.45, 7) is 6.23. The van der Waals surface area contributed by atoms with Crippen molar-refractivity contribution >= 4 is 12.2 Å². The van der Waals surface area contributed by atoms with Crippen LogP contribution in [0.4, 0.5) is 9.59 Å². The summed E-state index contributed by atoms with van der Waals surface area (Å²) < 4.78 is 15.7. The van der Waals surface area contributed by atoms with Gasteiger partial charge < -0.3 is 24.4 Å². The molecule has 1 aromatic heterocycles. The van der Waals surface area contributed by atoms with Gasteiger partial charge in [0.15, 0.2) is 0 Å². The number of pyridine rings is 1. The van der Waals surface area contributed by atoms with Crippen molar-refractivity contribution in [2.45, 2.75) is 44.8 Å². The van der Waals surface area contributed by atoms with E-state index in [9.17, 15) is 9.59 Å². The van der Waals surface area contributed by atoms with Gasteiger partial charge in [0.05, 0.1) is 26.3 Å². The van der Waals surface area contributed by atoms with Crippen LogP contribution in [-0.4, -0.2) is 55.0 Å². The summed E-state index contributed by atoms with van der Waals surface area (Å²) in [6.07, 6.45) is 1.91. The molecule has 0 bridgehead atoms. The van der Waals surface area contributed by atoms with Gasteiger partial charge in [0, 0.05) is 18.3 Å². The third kappa shape index (κ3) is 4.56. The summed E-state index contributed by atoms with van der Waals surface area (Å²) in [5.74, 6) is 0.398. The molecule has 2 heterocycles. The SMILES string of the molecule is COC(=O)NC1(c2cccnc2OC)CCCN(C(=O)OC(C)(C)C)C1. The smallest absolute Gasteiger partial charge is 0.410 e. The van der Waals surface area contributed by atoms with Crippen molar-refractivity contribution in [2.24, 2.45) is 0 Å². The number of amides is 2. The molecule has 2 amide bonds. The van der Waals surface area contributed by atoms with E-state index < -0.39 is 23.3 Å². The molecule has 1 aromatic rings. The highest BCUT2D eigenvalue weighted by molar-refractivity contribution is 5.71. The minimum Gasteiger partial charge on any atom is -0.481 e. The fourth-order valence-electron chi connectivity index (χ4n) is 3.09. The number of hydrogen-bond donors (Lipinski definition) is 1. The average Bonchev–Trinajstić information content (AvgIpc) is 2.60. The Labute approximate surface area is 153 Å². The fourth-order valence-corrected chi connectivity index (χ4v) is 3.09. The molecular formula is C18H27N3O5. The molecule has 1 aliphatic heterocycles. The number of alkyl carbamates (subject to hydrolysis) is 1. The molecule has 8 heteroatoms. The van der Waals surface area contributed by atoms with Crippen LogP contribution in [0.25, 0.3) is 0 Å². The van der Waals surface area contributed by atoms with Crippen LogP contribution in [0.1, 0.15) is 39.2 Å². The van der Waals surface area contributed by atoms with Crippen LogP contribution >= 0.6 is 0 Å². The zero-order valence-electron chi connectivity index (χ0n) is 16.0. The van der Waals surface area contributed by atoms with E-state index in [1.54, 1.807) is 17.2 Å². The maximum Gasteiger partial charge on any atom is 0.410 e. The molecule has 0 radical (unpaired) electrons.